The van der Waals surface area contributed by atoms with Gasteiger partial charge in [0.2, 0.25) is 0 Å². The van der Waals surface area contributed by atoms with E-state index in [9.17, 15) is 10.1 Å². The molecule has 2 rings (SSSR count). The lowest BCUT2D eigenvalue weighted by molar-refractivity contribution is -0.384. The number of nitro groups is 1. The average molecular weight is 358 g/mol. The summed E-state index contributed by atoms with van der Waals surface area (Å²) in [5.41, 5.74) is 0.641. The first-order chi connectivity index (χ1) is 9.99. The molecule has 6 nitrogen and oxygen atoms in total. The number of hydrogen-bond acceptors (Lipinski definition) is 5. The highest BCUT2D eigenvalue weighted by molar-refractivity contribution is 9.10. The van der Waals surface area contributed by atoms with E-state index in [1.807, 2.05) is 0 Å². The zero-order chi connectivity index (χ0) is 15.4. The predicted molar refractivity (Wildman–Crippen MR) is 85.7 cm³/mol. The molecule has 0 spiro atoms. The normalized spacial score (nSPS) is 21.0. The molecule has 0 amide bonds. The summed E-state index contributed by atoms with van der Waals surface area (Å²) < 4.78 is 6.26. The fourth-order valence-corrected chi connectivity index (χ4v) is 2.94. The van der Waals surface area contributed by atoms with Crippen LogP contribution in [-0.4, -0.2) is 48.2 Å². The van der Waals surface area contributed by atoms with Crippen molar-refractivity contribution < 1.29 is 9.66 Å². The van der Waals surface area contributed by atoms with E-state index in [0.717, 1.165) is 24.2 Å². The number of rotatable bonds is 5. The monoisotopic (exact) mass is 357 g/mol. The fraction of sp³-hybridized carbons (Fsp3) is 0.571. The van der Waals surface area contributed by atoms with Crippen LogP contribution in [0.25, 0.3) is 0 Å². The van der Waals surface area contributed by atoms with Crippen molar-refractivity contribution in [1.29, 1.82) is 0 Å². The zero-order valence-electron chi connectivity index (χ0n) is 12.2. The first-order valence-corrected chi connectivity index (χ1v) is 7.79. The Balaban J connectivity index is 2.02. The lowest BCUT2D eigenvalue weighted by Crippen LogP contribution is -2.50. The van der Waals surface area contributed by atoms with E-state index in [1.165, 1.54) is 6.07 Å². The van der Waals surface area contributed by atoms with E-state index in [1.54, 1.807) is 12.1 Å². The third kappa shape index (κ3) is 4.15. The van der Waals surface area contributed by atoms with E-state index in [4.69, 9.17) is 4.74 Å². The second-order valence-corrected chi connectivity index (χ2v) is 6.23. The smallest absolute Gasteiger partial charge is 0.292 e. The topological polar surface area (TPSA) is 67.6 Å². The van der Waals surface area contributed by atoms with Crippen LogP contribution in [0.2, 0.25) is 0 Å². The Morgan fingerprint density at radius 3 is 3.05 bits per heavy atom. The van der Waals surface area contributed by atoms with Crippen LogP contribution in [0.15, 0.2) is 22.7 Å². The van der Waals surface area contributed by atoms with Crippen molar-refractivity contribution in [3.8, 4) is 0 Å². The molecular weight excluding hydrogens is 338 g/mol. The van der Waals surface area contributed by atoms with Gasteiger partial charge in [0.25, 0.3) is 5.69 Å². The summed E-state index contributed by atoms with van der Waals surface area (Å²) in [4.78, 5) is 13.1. The SMILES string of the molecule is CC(CNc1cc(Br)ccc1[N+](=O)[O-])N1CCOCC1C. The summed E-state index contributed by atoms with van der Waals surface area (Å²) in [5.74, 6) is 0. The largest absolute Gasteiger partial charge is 0.379 e. The lowest BCUT2D eigenvalue weighted by atomic mass is 10.1. The number of benzene rings is 1. The molecule has 1 aliphatic heterocycles. The van der Waals surface area contributed by atoms with Crippen LogP contribution < -0.4 is 5.32 Å². The summed E-state index contributed by atoms with van der Waals surface area (Å²) in [6.45, 7) is 7.29. The molecule has 7 heteroatoms. The van der Waals surface area contributed by atoms with E-state index >= 15 is 0 Å². The lowest BCUT2D eigenvalue weighted by Gasteiger charge is -2.38. The van der Waals surface area contributed by atoms with Gasteiger partial charge in [-0.15, -0.1) is 0 Å². The average Bonchev–Trinajstić information content (AvgIpc) is 2.45. The number of morpholine rings is 1. The van der Waals surface area contributed by atoms with Gasteiger partial charge in [0.15, 0.2) is 0 Å². The van der Waals surface area contributed by atoms with Gasteiger partial charge in [0, 0.05) is 35.7 Å². The van der Waals surface area contributed by atoms with Gasteiger partial charge in [0.1, 0.15) is 5.69 Å². The third-order valence-electron chi connectivity index (χ3n) is 3.73. The van der Waals surface area contributed by atoms with Gasteiger partial charge >= 0.3 is 0 Å². The van der Waals surface area contributed by atoms with Crippen LogP contribution in [0.4, 0.5) is 11.4 Å². The molecule has 0 aliphatic carbocycles. The standard InChI is InChI=1S/C14H20BrN3O3/c1-10(17-5-6-21-9-11(17)2)8-16-13-7-12(15)3-4-14(13)18(19)20/h3-4,7,10-11,16H,5-6,8-9H2,1-2H3. The number of nitrogens with zero attached hydrogens (tertiary/aromatic N) is 2. The molecule has 1 aromatic carbocycles. The van der Waals surface area contributed by atoms with Crippen LogP contribution in [0.1, 0.15) is 13.8 Å². The highest BCUT2D eigenvalue weighted by Crippen LogP contribution is 2.28. The Bertz CT molecular complexity index is 512. The van der Waals surface area contributed by atoms with Crippen molar-refractivity contribution in [3.05, 3.63) is 32.8 Å². The molecular formula is C14H20BrN3O3. The molecule has 2 unspecified atom stereocenters. The van der Waals surface area contributed by atoms with E-state index in [-0.39, 0.29) is 16.7 Å². The van der Waals surface area contributed by atoms with Crippen LogP contribution in [0.5, 0.6) is 0 Å². The van der Waals surface area contributed by atoms with Crippen LogP contribution in [0, 0.1) is 10.1 Å². The summed E-state index contributed by atoms with van der Waals surface area (Å²) in [5, 5.41) is 14.3. The minimum atomic E-state index is -0.364. The molecule has 1 N–H and O–H groups in total. The van der Waals surface area contributed by atoms with E-state index in [2.05, 4.69) is 40.0 Å². The Hall–Kier alpha value is -1.18. The fourth-order valence-electron chi connectivity index (χ4n) is 2.58. The highest BCUT2D eigenvalue weighted by atomic mass is 79.9. The Morgan fingerprint density at radius 1 is 1.62 bits per heavy atom. The third-order valence-corrected chi connectivity index (χ3v) is 4.22. The predicted octanol–water partition coefficient (Wildman–Crippen LogP) is 2.88. The molecule has 2 atom stereocenters. The Morgan fingerprint density at radius 2 is 2.38 bits per heavy atom. The molecule has 21 heavy (non-hydrogen) atoms. The first-order valence-electron chi connectivity index (χ1n) is 7.00. The molecule has 0 bridgehead atoms. The van der Waals surface area contributed by atoms with Gasteiger partial charge in [-0.2, -0.15) is 0 Å². The van der Waals surface area contributed by atoms with Gasteiger partial charge in [0.05, 0.1) is 18.1 Å². The van der Waals surface area contributed by atoms with E-state index in [0.29, 0.717) is 18.3 Å². The maximum atomic E-state index is 11.1. The number of ether oxygens (including phenoxy) is 1. The second-order valence-electron chi connectivity index (χ2n) is 5.31. The number of anilines is 1. The molecule has 1 saturated heterocycles. The molecule has 1 aromatic rings. The quantitative estimate of drug-likeness (QED) is 0.648. The molecule has 0 radical (unpaired) electrons. The van der Waals surface area contributed by atoms with Crippen LogP contribution >= 0.6 is 15.9 Å². The molecule has 116 valence electrons. The van der Waals surface area contributed by atoms with Crippen LogP contribution in [-0.2, 0) is 4.74 Å². The number of hydrogen-bond donors (Lipinski definition) is 1. The van der Waals surface area contributed by atoms with Crippen molar-refractivity contribution >= 4 is 27.3 Å². The van der Waals surface area contributed by atoms with Crippen molar-refractivity contribution in [2.45, 2.75) is 25.9 Å². The van der Waals surface area contributed by atoms with Gasteiger partial charge in [-0.3, -0.25) is 15.0 Å². The molecule has 1 fully saturated rings. The van der Waals surface area contributed by atoms with Crippen LogP contribution in [0.3, 0.4) is 0 Å². The van der Waals surface area contributed by atoms with Gasteiger partial charge in [-0.1, -0.05) is 15.9 Å². The van der Waals surface area contributed by atoms with Crippen molar-refractivity contribution in [3.63, 3.8) is 0 Å². The van der Waals surface area contributed by atoms with Gasteiger partial charge in [-0.05, 0) is 26.0 Å². The Labute approximate surface area is 132 Å². The first kappa shape index (κ1) is 16.2. The van der Waals surface area contributed by atoms with Crippen molar-refractivity contribution in [2.24, 2.45) is 0 Å². The minimum Gasteiger partial charge on any atom is -0.379 e. The Kier molecular flexibility index (Phi) is 5.55. The maximum absolute atomic E-state index is 11.1. The summed E-state index contributed by atoms with van der Waals surface area (Å²) in [6, 6.07) is 5.58. The number of nitro benzene ring substituents is 1. The highest BCUT2D eigenvalue weighted by Gasteiger charge is 2.24. The summed E-state index contributed by atoms with van der Waals surface area (Å²) >= 11 is 3.35. The second kappa shape index (κ2) is 7.20. The molecule has 1 aliphatic rings. The van der Waals surface area contributed by atoms with Gasteiger partial charge < -0.3 is 10.1 Å². The summed E-state index contributed by atoms with van der Waals surface area (Å²) in [7, 11) is 0. The molecule has 0 saturated carbocycles. The van der Waals surface area contributed by atoms with Crippen molar-refractivity contribution in [2.75, 3.05) is 31.6 Å². The molecule has 0 aromatic heterocycles. The minimum absolute atomic E-state index is 0.0976. The maximum Gasteiger partial charge on any atom is 0.292 e. The van der Waals surface area contributed by atoms with E-state index < -0.39 is 0 Å². The zero-order valence-corrected chi connectivity index (χ0v) is 13.8. The molecule has 1 heterocycles. The van der Waals surface area contributed by atoms with Crippen molar-refractivity contribution in [1.82, 2.24) is 4.90 Å². The number of halogens is 1. The number of nitrogens with one attached hydrogen (secondary N) is 1. The van der Waals surface area contributed by atoms with Gasteiger partial charge in [-0.25, -0.2) is 0 Å². The summed E-state index contributed by atoms with van der Waals surface area (Å²) in [6.07, 6.45) is 0.